The second-order valence-electron chi connectivity index (χ2n) is 7.02. The van der Waals surface area contributed by atoms with Crippen molar-refractivity contribution in [3.8, 4) is 11.1 Å². The molecule has 6 nitrogen and oxygen atoms in total. The van der Waals surface area contributed by atoms with Gasteiger partial charge in [-0.1, -0.05) is 12.1 Å². The van der Waals surface area contributed by atoms with Crippen molar-refractivity contribution < 1.29 is 4.79 Å². The van der Waals surface area contributed by atoms with Crippen LogP contribution in [0.3, 0.4) is 0 Å². The van der Waals surface area contributed by atoms with Crippen LogP contribution in [-0.4, -0.2) is 38.3 Å². The Morgan fingerprint density at radius 3 is 2.50 bits per heavy atom. The number of carbonyl (C=O) groups excluding carboxylic acids is 1. The van der Waals surface area contributed by atoms with Crippen molar-refractivity contribution in [3.63, 3.8) is 0 Å². The first-order valence-electron chi connectivity index (χ1n) is 9.52. The van der Waals surface area contributed by atoms with Gasteiger partial charge >= 0.3 is 0 Å². The van der Waals surface area contributed by atoms with Crippen LogP contribution in [0.2, 0.25) is 0 Å². The number of aryl methyl sites for hydroxylation is 1. The van der Waals surface area contributed by atoms with Gasteiger partial charge in [0.15, 0.2) is 0 Å². The molecule has 4 rings (SSSR count). The van der Waals surface area contributed by atoms with Crippen LogP contribution in [0.1, 0.15) is 24.2 Å². The van der Waals surface area contributed by atoms with Gasteiger partial charge in [-0.3, -0.25) is 24.6 Å². The predicted molar refractivity (Wildman–Crippen MR) is 109 cm³/mol. The Morgan fingerprint density at radius 1 is 1.04 bits per heavy atom. The number of nitrogens with zero attached hydrogens (tertiary/aromatic N) is 4. The van der Waals surface area contributed by atoms with Gasteiger partial charge < -0.3 is 5.32 Å². The number of rotatable bonds is 5. The molecule has 1 aliphatic heterocycles. The molecule has 3 aromatic rings. The number of hydrogen-bond donors (Lipinski definition) is 1. The van der Waals surface area contributed by atoms with Crippen molar-refractivity contribution in [1.82, 2.24) is 19.9 Å². The summed E-state index contributed by atoms with van der Waals surface area (Å²) in [4.78, 5) is 27.8. The Balaban J connectivity index is 1.42. The lowest BCUT2D eigenvalue weighted by atomic mass is 10.1. The van der Waals surface area contributed by atoms with E-state index in [0.717, 1.165) is 47.6 Å². The van der Waals surface area contributed by atoms with E-state index in [0.29, 0.717) is 6.54 Å². The van der Waals surface area contributed by atoms with Gasteiger partial charge in [0.25, 0.3) is 0 Å². The molecule has 1 amide bonds. The second-order valence-corrected chi connectivity index (χ2v) is 7.02. The van der Waals surface area contributed by atoms with Crippen molar-refractivity contribution in [2.24, 2.45) is 0 Å². The zero-order valence-electron chi connectivity index (χ0n) is 15.9. The van der Waals surface area contributed by atoms with Crippen molar-refractivity contribution in [3.05, 3.63) is 72.6 Å². The molecular weight excluding hydrogens is 350 g/mol. The molecule has 2 aromatic heterocycles. The summed E-state index contributed by atoms with van der Waals surface area (Å²) in [6.45, 7) is 3.51. The van der Waals surface area contributed by atoms with Crippen molar-refractivity contribution >= 4 is 11.6 Å². The molecule has 0 radical (unpaired) electrons. The number of amides is 1. The van der Waals surface area contributed by atoms with E-state index in [-0.39, 0.29) is 11.9 Å². The SMILES string of the molecule is Cc1nccnc1CN1CCCC1C(=O)Nc1ccc(-c2ccncc2)cc1. The lowest BCUT2D eigenvalue weighted by molar-refractivity contribution is -0.120. The van der Waals surface area contributed by atoms with Crippen molar-refractivity contribution in [2.45, 2.75) is 32.4 Å². The molecule has 142 valence electrons. The maximum absolute atomic E-state index is 12.9. The number of benzene rings is 1. The molecule has 3 heterocycles. The highest BCUT2D eigenvalue weighted by Crippen LogP contribution is 2.23. The molecule has 0 bridgehead atoms. The molecule has 1 fully saturated rings. The largest absolute Gasteiger partial charge is 0.325 e. The minimum absolute atomic E-state index is 0.0377. The molecule has 0 spiro atoms. The number of aromatic nitrogens is 3. The van der Waals surface area contributed by atoms with E-state index >= 15 is 0 Å². The zero-order valence-corrected chi connectivity index (χ0v) is 15.9. The Kier molecular flexibility index (Phi) is 5.39. The third-order valence-corrected chi connectivity index (χ3v) is 5.17. The summed E-state index contributed by atoms with van der Waals surface area (Å²) in [5, 5.41) is 3.06. The van der Waals surface area contributed by atoms with Crippen LogP contribution in [0.4, 0.5) is 5.69 Å². The minimum Gasteiger partial charge on any atom is -0.325 e. The topological polar surface area (TPSA) is 71.0 Å². The van der Waals surface area contributed by atoms with Gasteiger partial charge in [-0.25, -0.2) is 0 Å². The van der Waals surface area contributed by atoms with E-state index in [4.69, 9.17) is 0 Å². The summed E-state index contributed by atoms with van der Waals surface area (Å²) in [6, 6.07) is 11.7. The number of likely N-dealkylation sites (tertiary alicyclic amines) is 1. The normalized spacial score (nSPS) is 16.8. The molecule has 1 saturated heterocycles. The summed E-state index contributed by atoms with van der Waals surface area (Å²) >= 11 is 0. The van der Waals surface area contributed by atoms with Gasteiger partial charge in [-0.05, 0) is 61.7 Å². The van der Waals surface area contributed by atoms with Crippen LogP contribution in [0.5, 0.6) is 0 Å². The van der Waals surface area contributed by atoms with Gasteiger partial charge in [0, 0.05) is 37.0 Å². The fourth-order valence-corrected chi connectivity index (χ4v) is 3.61. The summed E-state index contributed by atoms with van der Waals surface area (Å²) < 4.78 is 0. The first-order chi connectivity index (χ1) is 13.7. The third-order valence-electron chi connectivity index (χ3n) is 5.17. The molecule has 1 aliphatic rings. The summed E-state index contributed by atoms with van der Waals surface area (Å²) in [5.41, 5.74) is 4.87. The van der Waals surface area contributed by atoms with E-state index in [2.05, 4.69) is 25.2 Å². The van der Waals surface area contributed by atoms with E-state index in [1.807, 2.05) is 43.3 Å². The van der Waals surface area contributed by atoms with Gasteiger partial charge in [0.05, 0.1) is 17.4 Å². The van der Waals surface area contributed by atoms with E-state index < -0.39 is 0 Å². The summed E-state index contributed by atoms with van der Waals surface area (Å²) in [6.07, 6.45) is 8.83. The first-order valence-corrected chi connectivity index (χ1v) is 9.52. The van der Waals surface area contributed by atoms with E-state index in [1.54, 1.807) is 24.8 Å². The zero-order chi connectivity index (χ0) is 19.3. The maximum Gasteiger partial charge on any atom is 0.241 e. The fraction of sp³-hybridized carbons (Fsp3) is 0.273. The standard InChI is InChI=1S/C22H23N5O/c1-16-20(25-13-12-24-16)15-27-14-2-3-21(27)22(28)26-19-6-4-17(5-7-19)18-8-10-23-11-9-18/h4-13,21H,2-3,14-15H2,1H3,(H,26,28). The van der Waals surface area contributed by atoms with Crippen LogP contribution < -0.4 is 5.32 Å². The number of nitrogens with one attached hydrogen (secondary N) is 1. The Bertz CT molecular complexity index is 943. The lowest BCUT2D eigenvalue weighted by Gasteiger charge is -2.23. The number of carbonyl (C=O) groups is 1. The van der Waals surface area contributed by atoms with Crippen LogP contribution >= 0.6 is 0 Å². The molecule has 1 aromatic carbocycles. The molecule has 28 heavy (non-hydrogen) atoms. The lowest BCUT2D eigenvalue weighted by Crippen LogP contribution is -2.39. The average molecular weight is 373 g/mol. The number of pyridine rings is 1. The Hall–Kier alpha value is -3.12. The average Bonchev–Trinajstić information content (AvgIpc) is 3.19. The molecular formula is C22H23N5O. The smallest absolute Gasteiger partial charge is 0.241 e. The number of hydrogen-bond acceptors (Lipinski definition) is 5. The number of anilines is 1. The Labute approximate surface area is 164 Å². The molecule has 0 aliphatic carbocycles. The molecule has 1 atom stereocenters. The van der Waals surface area contributed by atoms with Crippen molar-refractivity contribution in [2.75, 3.05) is 11.9 Å². The monoisotopic (exact) mass is 373 g/mol. The van der Waals surface area contributed by atoms with Crippen LogP contribution in [-0.2, 0) is 11.3 Å². The highest BCUT2D eigenvalue weighted by molar-refractivity contribution is 5.95. The van der Waals surface area contributed by atoms with Gasteiger partial charge in [-0.15, -0.1) is 0 Å². The highest BCUT2D eigenvalue weighted by atomic mass is 16.2. The van der Waals surface area contributed by atoms with Gasteiger partial charge in [-0.2, -0.15) is 0 Å². The predicted octanol–water partition coefficient (Wildman–Crippen LogP) is 3.45. The Morgan fingerprint density at radius 2 is 1.75 bits per heavy atom. The van der Waals surface area contributed by atoms with Gasteiger partial charge in [0.2, 0.25) is 5.91 Å². The van der Waals surface area contributed by atoms with Crippen LogP contribution in [0, 0.1) is 6.92 Å². The highest BCUT2D eigenvalue weighted by Gasteiger charge is 2.31. The quantitative estimate of drug-likeness (QED) is 0.742. The molecule has 1 unspecified atom stereocenters. The van der Waals surface area contributed by atoms with Crippen molar-refractivity contribution in [1.29, 1.82) is 0 Å². The molecule has 0 saturated carbocycles. The second kappa shape index (κ2) is 8.27. The molecule has 6 heteroatoms. The summed E-state index contributed by atoms with van der Waals surface area (Å²) in [7, 11) is 0. The molecule has 1 N–H and O–H groups in total. The first kappa shape index (κ1) is 18.3. The van der Waals surface area contributed by atoms with Crippen LogP contribution in [0.15, 0.2) is 61.2 Å². The van der Waals surface area contributed by atoms with E-state index in [9.17, 15) is 4.79 Å². The summed E-state index contributed by atoms with van der Waals surface area (Å²) in [5.74, 6) is 0.0377. The maximum atomic E-state index is 12.9. The third kappa shape index (κ3) is 4.07. The minimum atomic E-state index is -0.138. The van der Waals surface area contributed by atoms with Gasteiger partial charge in [0.1, 0.15) is 0 Å². The van der Waals surface area contributed by atoms with Crippen LogP contribution in [0.25, 0.3) is 11.1 Å². The van der Waals surface area contributed by atoms with E-state index in [1.165, 1.54) is 0 Å². The fourth-order valence-electron chi connectivity index (χ4n) is 3.61.